The van der Waals surface area contributed by atoms with Gasteiger partial charge in [-0.15, -0.1) is 0 Å². The highest BCUT2D eigenvalue weighted by Gasteiger charge is 2.26. The molecule has 0 spiro atoms. The van der Waals surface area contributed by atoms with Crippen molar-refractivity contribution in [2.24, 2.45) is 0 Å². The van der Waals surface area contributed by atoms with Crippen molar-refractivity contribution in [1.29, 1.82) is 0 Å². The molecule has 2 N–H and O–H groups in total. The molecule has 0 heterocycles. The molecule has 0 saturated heterocycles. The van der Waals surface area contributed by atoms with Crippen molar-refractivity contribution in [2.45, 2.75) is 31.2 Å². The number of sulfonamides is 1. The Bertz CT molecular complexity index is 1170. The normalized spacial score (nSPS) is 12.2. The maximum Gasteiger partial charge on any atom is 0.242 e. The van der Waals surface area contributed by atoms with E-state index in [4.69, 9.17) is 4.74 Å². The summed E-state index contributed by atoms with van der Waals surface area (Å²) >= 11 is 0. The number of ether oxygens (including phenoxy) is 1. The first-order chi connectivity index (χ1) is 15.3. The van der Waals surface area contributed by atoms with Gasteiger partial charge in [-0.3, -0.25) is 4.79 Å². The maximum absolute atomic E-state index is 13.2. The van der Waals surface area contributed by atoms with Crippen LogP contribution in [0.3, 0.4) is 0 Å². The Labute approximate surface area is 187 Å². The molecule has 0 radical (unpaired) electrons. The molecule has 3 aromatic carbocycles. The molecule has 6 nitrogen and oxygen atoms in total. The van der Waals surface area contributed by atoms with Gasteiger partial charge in [0.1, 0.15) is 17.6 Å². The van der Waals surface area contributed by atoms with Crippen LogP contribution in [0.2, 0.25) is 0 Å². The van der Waals surface area contributed by atoms with Crippen molar-refractivity contribution in [3.8, 4) is 5.75 Å². The Balaban J connectivity index is 1.86. The molecule has 1 atom stereocenters. The van der Waals surface area contributed by atoms with E-state index < -0.39 is 27.8 Å². The number of anilines is 1. The highest BCUT2D eigenvalue weighted by molar-refractivity contribution is 7.89. The van der Waals surface area contributed by atoms with Gasteiger partial charge in [-0.2, -0.15) is 4.72 Å². The van der Waals surface area contributed by atoms with Crippen molar-refractivity contribution in [3.63, 3.8) is 0 Å². The predicted octanol–water partition coefficient (Wildman–Crippen LogP) is 4.06. The summed E-state index contributed by atoms with van der Waals surface area (Å²) in [5.41, 5.74) is 1.83. The number of nitrogens with one attached hydrogen (secondary N) is 2. The zero-order valence-electron chi connectivity index (χ0n) is 17.8. The quantitative estimate of drug-likeness (QED) is 0.509. The van der Waals surface area contributed by atoms with Gasteiger partial charge in [0.25, 0.3) is 0 Å². The molecule has 0 aliphatic carbocycles. The molecule has 0 aromatic heterocycles. The Kier molecular flexibility index (Phi) is 7.61. The molecule has 0 aliphatic rings. The minimum absolute atomic E-state index is 0.0334. The lowest BCUT2D eigenvalue weighted by Gasteiger charge is -2.19. The number of aryl methyl sites for hydroxylation is 1. The monoisotopic (exact) mass is 456 g/mol. The smallest absolute Gasteiger partial charge is 0.242 e. The van der Waals surface area contributed by atoms with E-state index >= 15 is 0 Å². The highest BCUT2D eigenvalue weighted by Crippen LogP contribution is 2.22. The van der Waals surface area contributed by atoms with Crippen molar-refractivity contribution in [3.05, 3.63) is 89.7 Å². The number of hydrogen-bond acceptors (Lipinski definition) is 4. The van der Waals surface area contributed by atoms with E-state index in [1.807, 2.05) is 37.3 Å². The molecule has 1 amide bonds. The molecular weight excluding hydrogens is 431 g/mol. The van der Waals surface area contributed by atoms with Crippen LogP contribution in [0.25, 0.3) is 0 Å². The van der Waals surface area contributed by atoms with Crippen LogP contribution in [0.4, 0.5) is 10.1 Å². The second kappa shape index (κ2) is 10.4. The first-order valence-electron chi connectivity index (χ1n) is 10.1. The summed E-state index contributed by atoms with van der Waals surface area (Å²) < 4.78 is 47.3. The lowest BCUT2D eigenvalue weighted by Crippen LogP contribution is -2.45. The molecule has 3 aromatic rings. The minimum Gasteiger partial charge on any atom is -0.494 e. The van der Waals surface area contributed by atoms with Crippen molar-refractivity contribution >= 4 is 21.6 Å². The standard InChI is InChI=1S/C24H25FN2O4S/c1-3-31-23-14-13-21(15-17(23)2)32(29,30)27-22(16-18-7-5-4-6-8-18)24(28)26-20-11-9-19(25)10-12-20/h4-15,22,27H,3,16H2,1-2H3,(H,26,28)/t22-/m1/s1. The van der Waals surface area contributed by atoms with Crippen LogP contribution < -0.4 is 14.8 Å². The first kappa shape index (κ1) is 23.4. The van der Waals surface area contributed by atoms with Crippen LogP contribution in [0, 0.1) is 12.7 Å². The third-order valence-electron chi connectivity index (χ3n) is 4.76. The summed E-state index contributed by atoms with van der Waals surface area (Å²) in [7, 11) is -4.00. The van der Waals surface area contributed by atoms with Crippen LogP contribution in [0.15, 0.2) is 77.7 Å². The Morgan fingerprint density at radius 3 is 2.34 bits per heavy atom. The van der Waals surface area contributed by atoms with Crippen LogP contribution in [0.1, 0.15) is 18.1 Å². The Morgan fingerprint density at radius 2 is 1.72 bits per heavy atom. The molecule has 0 bridgehead atoms. The number of carbonyl (C=O) groups is 1. The molecule has 0 saturated carbocycles. The molecule has 168 valence electrons. The van der Waals surface area contributed by atoms with Crippen LogP contribution >= 0.6 is 0 Å². The largest absolute Gasteiger partial charge is 0.494 e. The number of halogens is 1. The summed E-state index contributed by atoms with van der Waals surface area (Å²) in [5.74, 6) is -0.386. The van der Waals surface area contributed by atoms with Gasteiger partial charge in [-0.25, -0.2) is 12.8 Å². The second-order valence-corrected chi connectivity index (χ2v) is 8.93. The van der Waals surface area contributed by atoms with Gasteiger partial charge < -0.3 is 10.1 Å². The molecule has 0 fully saturated rings. The summed E-state index contributed by atoms with van der Waals surface area (Å²) in [6, 6.07) is 17.8. The molecular formula is C24H25FN2O4S. The number of amides is 1. The highest BCUT2D eigenvalue weighted by atomic mass is 32.2. The topological polar surface area (TPSA) is 84.5 Å². The number of rotatable bonds is 9. The van der Waals surface area contributed by atoms with E-state index in [9.17, 15) is 17.6 Å². The average Bonchev–Trinajstić information content (AvgIpc) is 2.77. The number of hydrogen-bond donors (Lipinski definition) is 2. The fourth-order valence-electron chi connectivity index (χ4n) is 3.16. The maximum atomic E-state index is 13.2. The van der Waals surface area contributed by atoms with E-state index in [0.29, 0.717) is 23.6 Å². The van der Waals surface area contributed by atoms with Crippen LogP contribution in [-0.4, -0.2) is 27.0 Å². The summed E-state index contributed by atoms with van der Waals surface area (Å²) in [4.78, 5) is 13.0. The number of benzene rings is 3. The average molecular weight is 457 g/mol. The molecule has 32 heavy (non-hydrogen) atoms. The third-order valence-corrected chi connectivity index (χ3v) is 6.23. The van der Waals surface area contributed by atoms with E-state index in [0.717, 1.165) is 5.56 Å². The van der Waals surface area contributed by atoms with Crippen molar-refractivity contribution in [1.82, 2.24) is 4.72 Å². The third kappa shape index (κ3) is 6.15. The van der Waals surface area contributed by atoms with Crippen molar-refractivity contribution in [2.75, 3.05) is 11.9 Å². The zero-order valence-corrected chi connectivity index (χ0v) is 18.7. The van der Waals surface area contributed by atoms with Crippen LogP contribution in [-0.2, 0) is 21.2 Å². The lowest BCUT2D eigenvalue weighted by molar-refractivity contribution is -0.117. The molecule has 0 aliphatic heterocycles. The molecule has 3 rings (SSSR count). The van der Waals surface area contributed by atoms with Gasteiger partial charge in [-0.05, 0) is 73.9 Å². The van der Waals surface area contributed by atoms with E-state index in [-0.39, 0.29) is 11.3 Å². The summed E-state index contributed by atoms with van der Waals surface area (Å²) in [5, 5.41) is 2.65. The fraction of sp³-hybridized carbons (Fsp3) is 0.208. The van der Waals surface area contributed by atoms with Gasteiger partial charge >= 0.3 is 0 Å². The van der Waals surface area contributed by atoms with Crippen molar-refractivity contribution < 1.29 is 22.3 Å². The summed E-state index contributed by atoms with van der Waals surface area (Å²) in [6.07, 6.45) is 0.142. The first-order valence-corrected chi connectivity index (χ1v) is 11.6. The second-order valence-electron chi connectivity index (χ2n) is 7.22. The SMILES string of the molecule is CCOc1ccc(S(=O)(=O)N[C@H](Cc2ccccc2)C(=O)Nc2ccc(F)cc2)cc1C. The minimum atomic E-state index is -4.00. The van der Waals surface area contributed by atoms with Gasteiger partial charge in [0.15, 0.2) is 0 Å². The Morgan fingerprint density at radius 1 is 1.03 bits per heavy atom. The summed E-state index contributed by atoms with van der Waals surface area (Å²) in [6.45, 7) is 4.07. The lowest BCUT2D eigenvalue weighted by atomic mass is 10.1. The predicted molar refractivity (Wildman–Crippen MR) is 122 cm³/mol. The van der Waals surface area contributed by atoms with Crippen LogP contribution in [0.5, 0.6) is 5.75 Å². The van der Waals surface area contributed by atoms with Gasteiger partial charge in [0.2, 0.25) is 15.9 Å². The molecule has 0 unspecified atom stereocenters. The van der Waals surface area contributed by atoms with E-state index in [2.05, 4.69) is 10.0 Å². The molecule has 8 heteroatoms. The van der Waals surface area contributed by atoms with E-state index in [1.54, 1.807) is 13.0 Å². The van der Waals surface area contributed by atoms with Gasteiger partial charge in [0.05, 0.1) is 11.5 Å². The van der Waals surface area contributed by atoms with Gasteiger partial charge in [-0.1, -0.05) is 30.3 Å². The fourth-order valence-corrected chi connectivity index (χ4v) is 4.44. The number of carbonyl (C=O) groups excluding carboxylic acids is 1. The zero-order chi connectivity index (χ0) is 23.1. The Hall–Kier alpha value is -3.23. The van der Waals surface area contributed by atoms with E-state index in [1.165, 1.54) is 36.4 Å². The van der Waals surface area contributed by atoms with Gasteiger partial charge in [0, 0.05) is 5.69 Å².